The topological polar surface area (TPSA) is 93.0 Å². The second kappa shape index (κ2) is 6.11. The van der Waals surface area contributed by atoms with E-state index in [0.29, 0.717) is 6.54 Å². The molecule has 0 fully saturated rings. The Morgan fingerprint density at radius 2 is 1.78 bits per heavy atom. The van der Waals surface area contributed by atoms with Gasteiger partial charge in [0.05, 0.1) is 0 Å². The van der Waals surface area contributed by atoms with E-state index in [1.807, 2.05) is 19.0 Å². The Hall–Kier alpha value is -1.95. The Bertz CT molecular complexity index is 409. The summed E-state index contributed by atoms with van der Waals surface area (Å²) in [6.45, 7) is 1.35. The first-order chi connectivity index (χ1) is 8.41. The van der Waals surface area contributed by atoms with Crippen LogP contribution in [0, 0.1) is 0 Å². The molecule has 0 aliphatic carbocycles. The van der Waals surface area contributed by atoms with E-state index < -0.39 is 23.2 Å². The van der Waals surface area contributed by atoms with Gasteiger partial charge in [-0.2, -0.15) is 0 Å². The molecule has 1 amide bonds. The van der Waals surface area contributed by atoms with Crippen LogP contribution in [-0.2, 0) is 0 Å². The van der Waals surface area contributed by atoms with Crippen molar-refractivity contribution in [3.8, 4) is 17.2 Å². The quantitative estimate of drug-likeness (QED) is 0.453. The van der Waals surface area contributed by atoms with Gasteiger partial charge in [-0.3, -0.25) is 4.79 Å². The number of phenolic OH excluding ortho intramolecular Hbond substituents is 3. The summed E-state index contributed by atoms with van der Waals surface area (Å²) in [6.07, 6.45) is 0.800. The number of carbonyl (C=O) groups excluding carboxylic acids is 1. The number of amides is 1. The standard InChI is InChI=1S/C12H18N2O4/c1-14(2)5-3-4-13-12(18)8-6-9(15)11(17)10(16)7-8/h6-7,15-17H,3-5H2,1-2H3,(H,13,18). The van der Waals surface area contributed by atoms with Crippen molar-refractivity contribution < 1.29 is 20.1 Å². The minimum atomic E-state index is -0.626. The summed E-state index contributed by atoms with van der Waals surface area (Å²) < 4.78 is 0. The van der Waals surface area contributed by atoms with Crippen molar-refractivity contribution in [2.45, 2.75) is 6.42 Å². The van der Waals surface area contributed by atoms with Crippen molar-refractivity contribution in [2.75, 3.05) is 27.2 Å². The highest BCUT2D eigenvalue weighted by Gasteiger charge is 2.12. The van der Waals surface area contributed by atoms with Gasteiger partial charge < -0.3 is 25.5 Å². The number of phenols is 3. The van der Waals surface area contributed by atoms with E-state index in [-0.39, 0.29) is 5.56 Å². The van der Waals surface area contributed by atoms with E-state index >= 15 is 0 Å². The Kier molecular flexibility index (Phi) is 4.79. The second-order valence-electron chi connectivity index (χ2n) is 4.28. The first kappa shape index (κ1) is 14.1. The van der Waals surface area contributed by atoms with Gasteiger partial charge in [-0.15, -0.1) is 0 Å². The molecule has 0 atom stereocenters. The van der Waals surface area contributed by atoms with Gasteiger partial charge >= 0.3 is 0 Å². The zero-order chi connectivity index (χ0) is 13.7. The average Bonchev–Trinajstić information content (AvgIpc) is 2.30. The fourth-order valence-corrected chi connectivity index (χ4v) is 1.43. The molecular formula is C12H18N2O4. The Morgan fingerprint density at radius 1 is 1.22 bits per heavy atom. The lowest BCUT2D eigenvalue weighted by molar-refractivity contribution is 0.0951. The van der Waals surface area contributed by atoms with Gasteiger partial charge in [-0.1, -0.05) is 0 Å². The summed E-state index contributed by atoms with van der Waals surface area (Å²) in [5, 5.41) is 30.4. The lowest BCUT2D eigenvalue weighted by Crippen LogP contribution is -2.27. The molecule has 18 heavy (non-hydrogen) atoms. The van der Waals surface area contributed by atoms with Crippen molar-refractivity contribution in [2.24, 2.45) is 0 Å². The van der Waals surface area contributed by atoms with Crippen LogP contribution in [0.25, 0.3) is 0 Å². The average molecular weight is 254 g/mol. The summed E-state index contributed by atoms with van der Waals surface area (Å²) in [5.74, 6) is -2.07. The van der Waals surface area contributed by atoms with Gasteiger partial charge in [-0.25, -0.2) is 0 Å². The van der Waals surface area contributed by atoms with Gasteiger partial charge in [0.25, 0.3) is 5.91 Å². The van der Waals surface area contributed by atoms with Crippen LogP contribution in [-0.4, -0.2) is 53.3 Å². The third-order valence-corrected chi connectivity index (χ3v) is 2.40. The molecular weight excluding hydrogens is 236 g/mol. The Balaban J connectivity index is 2.57. The highest BCUT2D eigenvalue weighted by molar-refractivity contribution is 5.95. The summed E-state index contributed by atoms with van der Waals surface area (Å²) in [5.41, 5.74) is 0.104. The second-order valence-corrected chi connectivity index (χ2v) is 4.28. The molecule has 0 bridgehead atoms. The molecule has 0 unspecified atom stereocenters. The lowest BCUT2D eigenvalue weighted by atomic mass is 10.1. The number of benzene rings is 1. The molecule has 0 saturated carbocycles. The minimum Gasteiger partial charge on any atom is -0.504 e. The largest absolute Gasteiger partial charge is 0.504 e. The van der Waals surface area contributed by atoms with Gasteiger partial charge in [0.15, 0.2) is 17.2 Å². The molecule has 0 aliphatic rings. The van der Waals surface area contributed by atoms with Crippen LogP contribution in [0.2, 0.25) is 0 Å². The maximum Gasteiger partial charge on any atom is 0.251 e. The number of hydrogen-bond acceptors (Lipinski definition) is 5. The van der Waals surface area contributed by atoms with E-state index in [0.717, 1.165) is 25.1 Å². The minimum absolute atomic E-state index is 0.104. The smallest absolute Gasteiger partial charge is 0.251 e. The first-order valence-corrected chi connectivity index (χ1v) is 5.59. The summed E-state index contributed by atoms with van der Waals surface area (Å²) in [7, 11) is 3.88. The lowest BCUT2D eigenvalue weighted by Gasteiger charge is -2.10. The van der Waals surface area contributed by atoms with Crippen LogP contribution in [0.3, 0.4) is 0 Å². The third kappa shape index (κ3) is 3.81. The summed E-state index contributed by atoms with van der Waals surface area (Å²) in [4.78, 5) is 13.7. The number of rotatable bonds is 5. The molecule has 4 N–H and O–H groups in total. The van der Waals surface area contributed by atoms with Gasteiger partial charge in [-0.05, 0) is 39.2 Å². The number of nitrogens with zero attached hydrogens (tertiary/aromatic N) is 1. The fraction of sp³-hybridized carbons (Fsp3) is 0.417. The van der Waals surface area contributed by atoms with Crippen LogP contribution in [0.1, 0.15) is 16.8 Å². The molecule has 100 valence electrons. The van der Waals surface area contributed by atoms with Crippen molar-refractivity contribution >= 4 is 5.91 Å². The fourth-order valence-electron chi connectivity index (χ4n) is 1.43. The molecule has 1 aromatic carbocycles. The zero-order valence-corrected chi connectivity index (χ0v) is 10.5. The summed E-state index contributed by atoms with van der Waals surface area (Å²) >= 11 is 0. The van der Waals surface area contributed by atoms with Gasteiger partial charge in [0.1, 0.15) is 0 Å². The number of aromatic hydroxyl groups is 3. The van der Waals surface area contributed by atoms with E-state index in [1.165, 1.54) is 0 Å². The molecule has 0 saturated heterocycles. The van der Waals surface area contributed by atoms with Crippen molar-refractivity contribution in [3.05, 3.63) is 17.7 Å². The summed E-state index contributed by atoms with van der Waals surface area (Å²) in [6, 6.07) is 2.21. The molecule has 0 aliphatic heterocycles. The predicted octanol–water partition coefficient (Wildman–Crippen LogP) is 0.485. The van der Waals surface area contributed by atoms with E-state index in [1.54, 1.807) is 0 Å². The van der Waals surface area contributed by atoms with Crippen LogP contribution >= 0.6 is 0 Å². The molecule has 6 nitrogen and oxygen atoms in total. The maximum absolute atomic E-state index is 11.7. The highest BCUT2D eigenvalue weighted by Crippen LogP contribution is 2.35. The Labute approximate surface area is 105 Å². The maximum atomic E-state index is 11.7. The molecule has 0 aromatic heterocycles. The normalized spacial score (nSPS) is 10.6. The van der Waals surface area contributed by atoms with Crippen LogP contribution < -0.4 is 5.32 Å². The van der Waals surface area contributed by atoms with Crippen LogP contribution in [0.4, 0.5) is 0 Å². The number of hydrogen-bond donors (Lipinski definition) is 4. The van der Waals surface area contributed by atoms with Crippen molar-refractivity contribution in [3.63, 3.8) is 0 Å². The molecule has 6 heteroatoms. The van der Waals surface area contributed by atoms with Gasteiger partial charge in [0, 0.05) is 12.1 Å². The van der Waals surface area contributed by atoms with E-state index in [4.69, 9.17) is 5.11 Å². The van der Waals surface area contributed by atoms with E-state index in [9.17, 15) is 15.0 Å². The third-order valence-electron chi connectivity index (χ3n) is 2.40. The molecule has 0 heterocycles. The first-order valence-electron chi connectivity index (χ1n) is 5.59. The molecule has 0 spiro atoms. The van der Waals surface area contributed by atoms with Crippen molar-refractivity contribution in [1.82, 2.24) is 10.2 Å². The number of nitrogens with one attached hydrogen (secondary N) is 1. The zero-order valence-electron chi connectivity index (χ0n) is 10.5. The van der Waals surface area contributed by atoms with Gasteiger partial charge in [0.2, 0.25) is 0 Å². The Morgan fingerprint density at radius 3 is 2.28 bits per heavy atom. The SMILES string of the molecule is CN(C)CCCNC(=O)c1cc(O)c(O)c(O)c1. The molecule has 0 radical (unpaired) electrons. The predicted molar refractivity (Wildman–Crippen MR) is 66.9 cm³/mol. The van der Waals surface area contributed by atoms with Crippen LogP contribution in [0.5, 0.6) is 17.2 Å². The molecule has 1 aromatic rings. The van der Waals surface area contributed by atoms with E-state index in [2.05, 4.69) is 5.32 Å². The highest BCUT2D eigenvalue weighted by atomic mass is 16.3. The molecule has 1 rings (SSSR count). The van der Waals surface area contributed by atoms with Crippen LogP contribution in [0.15, 0.2) is 12.1 Å². The number of carbonyl (C=O) groups is 1. The monoisotopic (exact) mass is 254 g/mol. The van der Waals surface area contributed by atoms with Crippen molar-refractivity contribution in [1.29, 1.82) is 0 Å².